The van der Waals surface area contributed by atoms with E-state index in [4.69, 9.17) is 9.15 Å². The Balaban J connectivity index is 1.17. The van der Waals surface area contributed by atoms with E-state index in [-0.39, 0.29) is 28.7 Å². The predicted octanol–water partition coefficient (Wildman–Crippen LogP) is 3.08. The summed E-state index contributed by atoms with van der Waals surface area (Å²) in [5.41, 5.74) is 1.56. The van der Waals surface area contributed by atoms with Crippen LogP contribution in [0.3, 0.4) is 0 Å². The van der Waals surface area contributed by atoms with E-state index in [1.54, 1.807) is 12.1 Å². The van der Waals surface area contributed by atoms with Crippen molar-refractivity contribution in [1.29, 1.82) is 0 Å². The minimum atomic E-state index is -0.744. The van der Waals surface area contributed by atoms with Crippen molar-refractivity contribution in [1.82, 2.24) is 10.2 Å². The first kappa shape index (κ1) is 21.6. The molecule has 3 aromatic rings. The summed E-state index contributed by atoms with van der Waals surface area (Å²) in [4.78, 5) is 51.1. The first-order valence-corrected chi connectivity index (χ1v) is 11.0. The topological polar surface area (TPSA) is 106 Å². The summed E-state index contributed by atoms with van der Waals surface area (Å²) >= 11 is 0. The number of esters is 1. The molecule has 1 fully saturated rings. The fourth-order valence-corrected chi connectivity index (χ4v) is 4.16. The normalized spacial score (nSPS) is 15.7. The molecule has 5 rings (SSSR count). The maximum absolute atomic E-state index is 12.7. The maximum Gasteiger partial charge on any atom is 0.338 e. The third-order valence-electron chi connectivity index (χ3n) is 6.30. The Labute approximate surface area is 195 Å². The van der Waals surface area contributed by atoms with Crippen LogP contribution < -0.4 is 5.32 Å². The van der Waals surface area contributed by atoms with Crippen LogP contribution in [0.2, 0.25) is 0 Å². The lowest BCUT2D eigenvalue weighted by atomic mass is 9.96. The third-order valence-corrected chi connectivity index (χ3v) is 6.30. The van der Waals surface area contributed by atoms with Gasteiger partial charge in [-0.25, -0.2) is 4.79 Å². The maximum atomic E-state index is 12.7. The Morgan fingerprint density at radius 3 is 2.44 bits per heavy atom. The summed E-state index contributed by atoms with van der Waals surface area (Å²) < 4.78 is 10.4. The number of nitrogens with one attached hydrogen (secondary N) is 1. The second-order valence-electron chi connectivity index (χ2n) is 8.54. The van der Waals surface area contributed by atoms with E-state index in [9.17, 15) is 19.2 Å². The lowest BCUT2D eigenvalue weighted by Crippen LogP contribution is -2.35. The van der Waals surface area contributed by atoms with Crippen molar-refractivity contribution < 1.29 is 28.3 Å². The molecule has 8 nitrogen and oxygen atoms in total. The molecule has 0 spiro atoms. The molecule has 34 heavy (non-hydrogen) atoms. The van der Waals surface area contributed by atoms with Gasteiger partial charge < -0.3 is 14.5 Å². The molecule has 172 valence electrons. The Bertz CT molecular complexity index is 1260. The Kier molecular flexibility index (Phi) is 5.49. The number of ether oxygens (including phenoxy) is 1. The van der Waals surface area contributed by atoms with Crippen molar-refractivity contribution >= 4 is 23.7 Å². The molecule has 0 bridgehead atoms. The van der Waals surface area contributed by atoms with Crippen LogP contribution in [0.5, 0.6) is 0 Å². The second-order valence-corrected chi connectivity index (χ2v) is 8.54. The highest BCUT2D eigenvalue weighted by atomic mass is 16.5. The SMILES string of the molecule is O=C(COC(=O)c1ccc2c(c1)C(=O)N(Cc1ccco1)C2=O)NCC1(c2ccccc2)CC1. The molecular formula is C26H22N2O6. The quantitative estimate of drug-likeness (QED) is 0.411. The lowest BCUT2D eigenvalue weighted by Gasteiger charge is -2.16. The van der Waals surface area contributed by atoms with Gasteiger partial charge in [-0.15, -0.1) is 0 Å². The number of carbonyl (C=O) groups excluding carboxylic acids is 4. The largest absolute Gasteiger partial charge is 0.467 e. The van der Waals surface area contributed by atoms with E-state index in [0.717, 1.165) is 17.7 Å². The molecule has 0 atom stereocenters. The van der Waals surface area contributed by atoms with Gasteiger partial charge in [0.05, 0.1) is 29.5 Å². The van der Waals surface area contributed by atoms with Crippen LogP contribution in [0.1, 0.15) is 55.2 Å². The zero-order valence-electron chi connectivity index (χ0n) is 18.3. The lowest BCUT2D eigenvalue weighted by molar-refractivity contribution is -0.124. The number of fused-ring (bicyclic) bond motifs is 1. The average Bonchev–Trinajstić information content (AvgIpc) is 3.42. The van der Waals surface area contributed by atoms with Gasteiger partial charge in [0.25, 0.3) is 17.7 Å². The van der Waals surface area contributed by atoms with E-state index in [0.29, 0.717) is 12.3 Å². The molecule has 1 aliphatic heterocycles. The van der Waals surface area contributed by atoms with Crippen LogP contribution in [-0.2, 0) is 21.5 Å². The smallest absolute Gasteiger partial charge is 0.338 e. The molecular weight excluding hydrogens is 436 g/mol. The van der Waals surface area contributed by atoms with E-state index < -0.39 is 30.3 Å². The summed E-state index contributed by atoms with van der Waals surface area (Å²) in [7, 11) is 0. The molecule has 1 N–H and O–H groups in total. The third kappa shape index (κ3) is 4.10. The average molecular weight is 458 g/mol. The van der Waals surface area contributed by atoms with E-state index in [1.807, 2.05) is 18.2 Å². The molecule has 0 radical (unpaired) electrons. The fourth-order valence-electron chi connectivity index (χ4n) is 4.16. The fraction of sp³-hybridized carbons (Fsp3) is 0.231. The summed E-state index contributed by atoms with van der Waals surface area (Å²) in [5, 5.41) is 2.84. The molecule has 3 amide bonds. The zero-order valence-corrected chi connectivity index (χ0v) is 18.3. The van der Waals surface area contributed by atoms with Gasteiger partial charge >= 0.3 is 5.97 Å². The second kappa shape index (κ2) is 8.62. The van der Waals surface area contributed by atoms with Crippen molar-refractivity contribution in [3.63, 3.8) is 0 Å². The highest BCUT2D eigenvalue weighted by molar-refractivity contribution is 6.21. The van der Waals surface area contributed by atoms with E-state index in [2.05, 4.69) is 17.4 Å². The zero-order chi connectivity index (χ0) is 23.7. The van der Waals surface area contributed by atoms with Crippen molar-refractivity contribution in [2.45, 2.75) is 24.8 Å². The Hall–Kier alpha value is -4.20. The standard InChI is InChI=1S/C26H22N2O6/c29-22(27-16-26(10-11-26)18-5-2-1-3-6-18)15-34-25(32)17-8-9-20-21(13-17)24(31)28(23(20)30)14-19-7-4-12-33-19/h1-9,12-13H,10-11,14-16H2,(H,27,29). The number of nitrogens with zero attached hydrogens (tertiary/aromatic N) is 1. The van der Waals surface area contributed by atoms with Gasteiger partial charge in [0.2, 0.25) is 0 Å². The first-order valence-electron chi connectivity index (χ1n) is 11.0. The molecule has 0 saturated heterocycles. The van der Waals surface area contributed by atoms with E-state index >= 15 is 0 Å². The molecule has 1 aromatic heterocycles. The number of hydrogen-bond acceptors (Lipinski definition) is 6. The Morgan fingerprint density at radius 1 is 0.971 bits per heavy atom. The summed E-state index contributed by atoms with van der Waals surface area (Å²) in [6, 6.07) is 17.5. The first-order chi connectivity index (χ1) is 16.5. The van der Waals surface area contributed by atoms with Gasteiger partial charge in [0, 0.05) is 12.0 Å². The van der Waals surface area contributed by atoms with Crippen LogP contribution in [0.25, 0.3) is 0 Å². The van der Waals surface area contributed by atoms with Gasteiger partial charge in [0.15, 0.2) is 6.61 Å². The highest BCUT2D eigenvalue weighted by Crippen LogP contribution is 2.47. The Morgan fingerprint density at radius 2 is 1.74 bits per heavy atom. The van der Waals surface area contributed by atoms with E-state index in [1.165, 1.54) is 30.0 Å². The van der Waals surface area contributed by atoms with Crippen LogP contribution in [-0.4, -0.2) is 41.7 Å². The van der Waals surface area contributed by atoms with Crippen molar-refractivity contribution in [3.05, 3.63) is 94.9 Å². The van der Waals surface area contributed by atoms with Gasteiger partial charge in [-0.05, 0) is 48.7 Å². The number of rotatable bonds is 8. The summed E-state index contributed by atoms with van der Waals surface area (Å²) in [6.45, 7) is 0.0520. The monoisotopic (exact) mass is 458 g/mol. The summed E-state index contributed by atoms with van der Waals surface area (Å²) in [6.07, 6.45) is 3.45. The van der Waals surface area contributed by atoms with Gasteiger partial charge in [-0.2, -0.15) is 0 Å². The number of benzene rings is 2. The molecule has 1 aliphatic carbocycles. The number of furan rings is 1. The van der Waals surface area contributed by atoms with Crippen molar-refractivity contribution in [2.75, 3.05) is 13.2 Å². The molecule has 2 aromatic carbocycles. The number of amides is 3. The van der Waals surface area contributed by atoms with Crippen molar-refractivity contribution in [3.8, 4) is 0 Å². The van der Waals surface area contributed by atoms with Crippen LogP contribution in [0.4, 0.5) is 0 Å². The van der Waals surface area contributed by atoms with Crippen LogP contribution in [0, 0.1) is 0 Å². The number of imide groups is 1. The van der Waals surface area contributed by atoms with Crippen molar-refractivity contribution in [2.24, 2.45) is 0 Å². The minimum Gasteiger partial charge on any atom is -0.467 e. The predicted molar refractivity (Wildman–Crippen MR) is 120 cm³/mol. The number of hydrogen-bond donors (Lipinski definition) is 1. The molecule has 1 saturated carbocycles. The van der Waals surface area contributed by atoms with Gasteiger partial charge in [-0.3, -0.25) is 19.3 Å². The number of carbonyl (C=O) groups is 4. The highest BCUT2D eigenvalue weighted by Gasteiger charge is 2.44. The van der Waals surface area contributed by atoms with Crippen LogP contribution in [0.15, 0.2) is 71.3 Å². The minimum absolute atomic E-state index is 0.00374. The van der Waals surface area contributed by atoms with Crippen LogP contribution >= 0.6 is 0 Å². The van der Waals surface area contributed by atoms with Gasteiger partial charge in [0.1, 0.15) is 5.76 Å². The molecule has 8 heteroatoms. The summed E-state index contributed by atoms with van der Waals surface area (Å²) in [5.74, 6) is -1.64. The molecule has 2 heterocycles. The van der Waals surface area contributed by atoms with Gasteiger partial charge in [-0.1, -0.05) is 30.3 Å². The molecule has 2 aliphatic rings. The molecule has 0 unspecified atom stereocenters.